The van der Waals surface area contributed by atoms with E-state index in [9.17, 15) is 14.4 Å². The molecule has 4 rings (SSSR count). The molecule has 0 radical (unpaired) electrons. The van der Waals surface area contributed by atoms with E-state index >= 15 is 0 Å². The van der Waals surface area contributed by atoms with E-state index in [4.69, 9.17) is 9.15 Å². The number of nitrogens with zero attached hydrogens (tertiary/aromatic N) is 1. The number of anilines is 1. The fourth-order valence-corrected chi connectivity index (χ4v) is 3.92. The topological polar surface area (TPSA) is 119 Å². The highest BCUT2D eigenvalue weighted by Crippen LogP contribution is 2.30. The first kappa shape index (κ1) is 23.7. The molecule has 0 atom stereocenters. The van der Waals surface area contributed by atoms with E-state index in [-0.39, 0.29) is 11.7 Å². The van der Waals surface area contributed by atoms with Crippen LogP contribution < -0.4 is 15.5 Å². The lowest BCUT2D eigenvalue weighted by molar-refractivity contribution is 0.0600. The number of hydrogen-bond acceptors (Lipinski definition) is 7. The molecule has 1 aliphatic carbocycles. The van der Waals surface area contributed by atoms with Gasteiger partial charge in [-0.1, -0.05) is 0 Å². The predicted molar refractivity (Wildman–Crippen MR) is 129 cm³/mol. The molecule has 0 spiro atoms. The third kappa shape index (κ3) is 5.08. The van der Waals surface area contributed by atoms with Gasteiger partial charge >= 0.3 is 5.97 Å². The summed E-state index contributed by atoms with van der Waals surface area (Å²) in [6.45, 7) is 1.80. The lowest BCUT2D eigenvalue weighted by Crippen LogP contribution is -2.22. The molecular weight excluding hydrogens is 450 g/mol. The summed E-state index contributed by atoms with van der Waals surface area (Å²) in [5.41, 5.74) is 6.01. The number of fused-ring (bicyclic) bond motifs is 1. The Morgan fingerprint density at radius 1 is 0.914 bits per heavy atom. The van der Waals surface area contributed by atoms with Crippen molar-refractivity contribution in [1.82, 2.24) is 5.43 Å². The van der Waals surface area contributed by atoms with Crippen LogP contribution in [0.5, 0.6) is 5.75 Å². The lowest BCUT2D eigenvalue weighted by atomic mass is 9.93. The minimum atomic E-state index is -0.455. The van der Waals surface area contributed by atoms with Crippen LogP contribution in [0.25, 0.3) is 0 Å². The number of esters is 1. The molecule has 9 nitrogen and oxygen atoms in total. The summed E-state index contributed by atoms with van der Waals surface area (Å²) in [5.74, 6) is 0.291. The number of ether oxygens (including phenoxy) is 2. The second kappa shape index (κ2) is 10.3. The molecular formula is C26H25N3O6. The van der Waals surface area contributed by atoms with Crippen molar-refractivity contribution in [2.75, 3.05) is 19.5 Å². The largest absolute Gasteiger partial charge is 0.497 e. The van der Waals surface area contributed by atoms with Crippen LogP contribution in [0.15, 0.2) is 58.0 Å². The Hall–Kier alpha value is -4.40. The zero-order chi connectivity index (χ0) is 24.9. The molecule has 180 valence electrons. The minimum absolute atomic E-state index is 0.183. The van der Waals surface area contributed by atoms with Crippen molar-refractivity contribution in [1.29, 1.82) is 0 Å². The van der Waals surface area contributed by atoms with Gasteiger partial charge < -0.3 is 19.2 Å². The van der Waals surface area contributed by atoms with Crippen molar-refractivity contribution < 1.29 is 28.3 Å². The van der Waals surface area contributed by atoms with E-state index in [1.165, 1.54) is 7.11 Å². The highest BCUT2D eigenvalue weighted by atomic mass is 16.5. The van der Waals surface area contributed by atoms with Crippen molar-refractivity contribution in [2.45, 2.75) is 26.2 Å². The normalized spacial score (nSPS) is 13.6. The predicted octanol–water partition coefficient (Wildman–Crippen LogP) is 4.11. The number of hydrazone groups is 1. The van der Waals surface area contributed by atoms with E-state index in [1.54, 1.807) is 62.6 Å². The maximum absolute atomic E-state index is 12.9. The highest BCUT2D eigenvalue weighted by Gasteiger charge is 2.28. The number of carbonyl (C=O) groups excluding carboxylic acids is 3. The zero-order valence-electron chi connectivity index (χ0n) is 19.6. The molecule has 2 amide bonds. The molecule has 0 bridgehead atoms. The Balaban J connectivity index is 1.51. The summed E-state index contributed by atoms with van der Waals surface area (Å²) < 4.78 is 15.7. The van der Waals surface area contributed by atoms with Crippen LogP contribution in [-0.2, 0) is 11.2 Å². The Morgan fingerprint density at radius 3 is 2.26 bits per heavy atom. The number of benzene rings is 2. The summed E-state index contributed by atoms with van der Waals surface area (Å²) in [6.07, 6.45) is 2.10. The van der Waals surface area contributed by atoms with E-state index in [2.05, 4.69) is 20.6 Å². The first-order chi connectivity index (χ1) is 16.9. The van der Waals surface area contributed by atoms with Crippen LogP contribution in [0, 0.1) is 6.92 Å². The number of nitrogens with one attached hydrogen (secondary N) is 2. The smallest absolute Gasteiger partial charge is 0.337 e. The van der Waals surface area contributed by atoms with Gasteiger partial charge in [-0.05, 0) is 68.3 Å². The first-order valence-corrected chi connectivity index (χ1v) is 11.0. The van der Waals surface area contributed by atoms with Crippen molar-refractivity contribution in [3.05, 3.63) is 82.3 Å². The maximum Gasteiger partial charge on any atom is 0.337 e. The number of aryl methyl sites for hydroxylation is 1. The molecule has 0 saturated carbocycles. The van der Waals surface area contributed by atoms with Crippen molar-refractivity contribution >= 4 is 29.2 Å². The van der Waals surface area contributed by atoms with Crippen LogP contribution >= 0.6 is 0 Å². The molecule has 0 fully saturated rings. The Kier molecular flexibility index (Phi) is 6.96. The van der Waals surface area contributed by atoms with Crippen LogP contribution in [0.4, 0.5) is 5.69 Å². The highest BCUT2D eigenvalue weighted by molar-refractivity contribution is 6.09. The molecule has 0 unspecified atom stereocenters. The van der Waals surface area contributed by atoms with Gasteiger partial charge in [-0.3, -0.25) is 9.59 Å². The van der Waals surface area contributed by atoms with Crippen LogP contribution in [0.2, 0.25) is 0 Å². The second-order valence-electron chi connectivity index (χ2n) is 7.96. The maximum atomic E-state index is 12.9. The van der Waals surface area contributed by atoms with Gasteiger partial charge in [-0.25, -0.2) is 10.2 Å². The monoisotopic (exact) mass is 475 g/mol. The average Bonchev–Trinajstić information content (AvgIpc) is 3.24. The van der Waals surface area contributed by atoms with Crippen molar-refractivity contribution in [3.8, 4) is 5.75 Å². The Labute approximate surface area is 202 Å². The summed E-state index contributed by atoms with van der Waals surface area (Å²) >= 11 is 0. The number of methoxy groups -OCH3 is 2. The molecule has 0 aliphatic heterocycles. The Bertz CT molecular complexity index is 1290. The fraction of sp³-hybridized carbons (Fsp3) is 0.231. The van der Waals surface area contributed by atoms with E-state index in [1.807, 2.05) is 0 Å². The molecule has 2 aromatic carbocycles. The van der Waals surface area contributed by atoms with E-state index in [0.29, 0.717) is 52.4 Å². The SMILES string of the molecule is COC(=O)c1ccc(NC(=O)c2oc3c(c2C)/C(=N/NC(=O)c2ccc(OC)cc2)CCC3)cc1. The van der Waals surface area contributed by atoms with Gasteiger partial charge in [0.25, 0.3) is 11.8 Å². The Morgan fingerprint density at radius 2 is 1.60 bits per heavy atom. The lowest BCUT2D eigenvalue weighted by Gasteiger charge is -2.13. The summed E-state index contributed by atoms with van der Waals surface area (Å²) in [7, 11) is 2.87. The zero-order valence-corrected chi connectivity index (χ0v) is 19.6. The molecule has 3 aromatic rings. The fourth-order valence-electron chi connectivity index (χ4n) is 3.92. The molecule has 1 heterocycles. The number of hydrogen-bond donors (Lipinski definition) is 2. The summed E-state index contributed by atoms with van der Waals surface area (Å²) in [4.78, 5) is 37.0. The van der Waals surface area contributed by atoms with Gasteiger partial charge in [0.05, 0.1) is 25.5 Å². The molecule has 1 aliphatic rings. The van der Waals surface area contributed by atoms with Gasteiger partial charge in [0, 0.05) is 28.8 Å². The summed E-state index contributed by atoms with van der Waals surface area (Å²) in [6, 6.07) is 13.1. The van der Waals surface area contributed by atoms with Crippen LogP contribution in [0.1, 0.15) is 61.0 Å². The molecule has 9 heteroatoms. The van der Waals surface area contributed by atoms with E-state index in [0.717, 1.165) is 12.0 Å². The molecule has 1 aromatic heterocycles. The van der Waals surface area contributed by atoms with Gasteiger partial charge in [-0.2, -0.15) is 5.10 Å². The van der Waals surface area contributed by atoms with Crippen molar-refractivity contribution in [2.24, 2.45) is 5.10 Å². The summed E-state index contributed by atoms with van der Waals surface area (Å²) in [5, 5.41) is 7.13. The van der Waals surface area contributed by atoms with Gasteiger partial charge in [0.2, 0.25) is 0 Å². The number of amides is 2. The molecule has 2 N–H and O–H groups in total. The standard InChI is InChI=1S/C26H25N3O6/c1-15-22-20(28-29-24(30)16-9-13-19(33-2)14-10-16)5-4-6-21(22)35-23(15)25(31)27-18-11-7-17(8-12-18)26(32)34-3/h7-14H,4-6H2,1-3H3,(H,27,31)(H,29,30)/b28-20+. The number of carbonyl (C=O) groups is 3. The number of furan rings is 1. The quantitative estimate of drug-likeness (QED) is 0.409. The molecule has 0 saturated heterocycles. The second-order valence-corrected chi connectivity index (χ2v) is 7.96. The van der Waals surface area contributed by atoms with Gasteiger partial charge in [0.15, 0.2) is 5.76 Å². The third-order valence-electron chi connectivity index (χ3n) is 5.74. The van der Waals surface area contributed by atoms with Crippen LogP contribution in [0.3, 0.4) is 0 Å². The molecule has 35 heavy (non-hydrogen) atoms. The van der Waals surface area contributed by atoms with Crippen LogP contribution in [-0.4, -0.2) is 37.7 Å². The third-order valence-corrected chi connectivity index (χ3v) is 5.74. The van der Waals surface area contributed by atoms with E-state index < -0.39 is 11.9 Å². The average molecular weight is 476 g/mol. The van der Waals surface area contributed by atoms with Crippen molar-refractivity contribution in [3.63, 3.8) is 0 Å². The number of rotatable bonds is 6. The first-order valence-electron chi connectivity index (χ1n) is 11.0. The van der Waals surface area contributed by atoms with Gasteiger partial charge in [-0.15, -0.1) is 0 Å². The van der Waals surface area contributed by atoms with Gasteiger partial charge in [0.1, 0.15) is 11.5 Å². The minimum Gasteiger partial charge on any atom is -0.497 e.